The van der Waals surface area contributed by atoms with Gasteiger partial charge >= 0.3 is 0 Å². The van der Waals surface area contributed by atoms with Crippen LogP contribution >= 0.6 is 11.8 Å². The van der Waals surface area contributed by atoms with E-state index < -0.39 is 31.2 Å². The van der Waals surface area contributed by atoms with Gasteiger partial charge in [0.2, 0.25) is 10.0 Å². The van der Waals surface area contributed by atoms with E-state index >= 15 is 0 Å². The maximum Gasteiger partial charge on any atom is 0.289 e. The molecule has 0 aromatic heterocycles. The molecule has 1 rings (SSSR count). The Labute approximate surface area is 112 Å². The Kier molecular flexibility index (Phi) is 4.80. The van der Waals surface area contributed by atoms with Crippen LogP contribution in [0.2, 0.25) is 0 Å². The van der Waals surface area contributed by atoms with Crippen molar-refractivity contribution in [3.8, 4) is 0 Å². The van der Waals surface area contributed by atoms with E-state index in [2.05, 4.69) is 0 Å². The Morgan fingerprint density at radius 2 is 1.84 bits per heavy atom. The lowest BCUT2D eigenvalue weighted by molar-refractivity contribution is -0.396. The van der Waals surface area contributed by atoms with Crippen molar-refractivity contribution in [2.45, 2.75) is 4.90 Å². The molecule has 0 aliphatic rings. The molecule has 0 unspecified atom stereocenters. The number of primary sulfonamides is 1. The highest BCUT2D eigenvalue weighted by molar-refractivity contribution is 8.00. The Bertz CT molecular complexity index is 615. The molecule has 0 heterocycles. The smallest absolute Gasteiger partial charge is 0.258 e. The molecule has 19 heavy (non-hydrogen) atoms. The predicted molar refractivity (Wildman–Crippen MR) is 68.4 cm³/mol. The summed E-state index contributed by atoms with van der Waals surface area (Å²) in [6.07, 6.45) is 0. The topological polar surface area (TPSA) is 146 Å². The van der Waals surface area contributed by atoms with Crippen molar-refractivity contribution in [3.05, 3.63) is 38.4 Å². The zero-order valence-electron chi connectivity index (χ0n) is 9.38. The number of rotatable bonds is 6. The van der Waals surface area contributed by atoms with Crippen molar-refractivity contribution < 1.29 is 18.3 Å². The van der Waals surface area contributed by atoms with Gasteiger partial charge in [0.1, 0.15) is 0 Å². The van der Waals surface area contributed by atoms with Crippen molar-refractivity contribution in [2.75, 3.05) is 11.5 Å². The third-order valence-electron chi connectivity index (χ3n) is 1.98. The number of sulfonamides is 1. The Morgan fingerprint density at radius 1 is 1.21 bits per heavy atom. The summed E-state index contributed by atoms with van der Waals surface area (Å²) in [5.74, 6) is -0.316. The molecule has 0 saturated heterocycles. The van der Waals surface area contributed by atoms with E-state index in [0.717, 1.165) is 23.9 Å². The summed E-state index contributed by atoms with van der Waals surface area (Å²) >= 11 is 0.899. The van der Waals surface area contributed by atoms with Crippen LogP contribution in [0.25, 0.3) is 0 Å². The van der Waals surface area contributed by atoms with Crippen molar-refractivity contribution in [1.82, 2.24) is 0 Å². The monoisotopic (exact) mass is 307 g/mol. The van der Waals surface area contributed by atoms with Gasteiger partial charge in [0.25, 0.3) is 11.4 Å². The number of benzene rings is 1. The first-order valence-electron chi connectivity index (χ1n) is 4.77. The van der Waals surface area contributed by atoms with E-state index in [1.54, 1.807) is 0 Å². The van der Waals surface area contributed by atoms with Gasteiger partial charge in [-0.2, -0.15) is 0 Å². The van der Waals surface area contributed by atoms with Crippen LogP contribution in [0.5, 0.6) is 0 Å². The molecular weight excluding hydrogens is 298 g/mol. The molecule has 0 saturated carbocycles. The second-order valence-corrected chi connectivity index (χ2v) is 6.25. The summed E-state index contributed by atoms with van der Waals surface area (Å²) in [4.78, 5) is 19.9. The fourth-order valence-electron chi connectivity index (χ4n) is 1.15. The first-order chi connectivity index (χ1) is 8.70. The number of hydrogen-bond donors (Lipinski definition) is 1. The van der Waals surface area contributed by atoms with Crippen LogP contribution in [-0.4, -0.2) is 29.8 Å². The summed E-state index contributed by atoms with van der Waals surface area (Å²) in [5.41, 5.74) is -0.837. The standard InChI is InChI=1S/C8H9N3O6S2/c9-19(16,17)4-3-18-8-2-1-6(10(12)13)5-7(8)11(14)15/h1-2,5H,3-4H2,(H2,9,16,17). The quantitative estimate of drug-likeness (QED) is 0.466. The van der Waals surface area contributed by atoms with Gasteiger partial charge in [0, 0.05) is 11.8 Å². The summed E-state index contributed by atoms with van der Waals surface area (Å²) in [6, 6.07) is 3.16. The van der Waals surface area contributed by atoms with Crippen LogP contribution in [0, 0.1) is 20.2 Å². The first-order valence-corrected chi connectivity index (χ1v) is 7.47. The zero-order chi connectivity index (χ0) is 14.6. The van der Waals surface area contributed by atoms with Crippen molar-refractivity contribution in [2.24, 2.45) is 5.14 Å². The van der Waals surface area contributed by atoms with Crippen molar-refractivity contribution >= 4 is 33.2 Å². The number of nitro benzene ring substituents is 2. The lowest BCUT2D eigenvalue weighted by Gasteiger charge is -2.02. The number of nitrogens with two attached hydrogens (primary N) is 1. The molecule has 2 N–H and O–H groups in total. The molecule has 0 radical (unpaired) electrons. The molecule has 11 heteroatoms. The summed E-state index contributed by atoms with van der Waals surface area (Å²) < 4.78 is 21.4. The van der Waals surface area contributed by atoms with Gasteiger partial charge in [-0.05, 0) is 6.07 Å². The Hall–Kier alpha value is -1.72. The van der Waals surface area contributed by atoms with Crippen LogP contribution in [0.15, 0.2) is 23.1 Å². The van der Waals surface area contributed by atoms with E-state index in [0.29, 0.717) is 0 Å². The lowest BCUT2D eigenvalue weighted by Crippen LogP contribution is -2.17. The minimum atomic E-state index is -3.65. The molecule has 0 fully saturated rings. The highest BCUT2D eigenvalue weighted by Gasteiger charge is 2.19. The Morgan fingerprint density at radius 3 is 2.32 bits per heavy atom. The van der Waals surface area contributed by atoms with Gasteiger partial charge in [-0.3, -0.25) is 20.2 Å². The molecule has 0 amide bonds. The zero-order valence-corrected chi connectivity index (χ0v) is 11.0. The molecule has 1 aromatic rings. The summed E-state index contributed by atoms with van der Waals surface area (Å²) in [7, 11) is -3.65. The maximum absolute atomic E-state index is 10.8. The molecule has 1 aromatic carbocycles. The van der Waals surface area contributed by atoms with Crippen LogP contribution < -0.4 is 5.14 Å². The third kappa shape index (κ3) is 4.81. The Balaban J connectivity index is 2.94. The first kappa shape index (κ1) is 15.3. The largest absolute Gasteiger partial charge is 0.289 e. The number of non-ortho nitro benzene ring substituents is 1. The van der Waals surface area contributed by atoms with Gasteiger partial charge in [-0.15, -0.1) is 11.8 Å². The van der Waals surface area contributed by atoms with E-state index in [1.807, 2.05) is 0 Å². The number of thioether (sulfide) groups is 1. The number of hydrogen-bond acceptors (Lipinski definition) is 7. The second kappa shape index (κ2) is 5.95. The maximum atomic E-state index is 10.8. The van der Waals surface area contributed by atoms with Crippen LogP contribution in [0.1, 0.15) is 0 Å². The van der Waals surface area contributed by atoms with E-state index in [1.165, 1.54) is 6.07 Å². The molecule has 0 aliphatic carbocycles. The molecule has 0 aliphatic heterocycles. The van der Waals surface area contributed by atoms with Crippen LogP contribution in [0.4, 0.5) is 11.4 Å². The van der Waals surface area contributed by atoms with E-state index in [4.69, 9.17) is 5.14 Å². The molecule has 0 bridgehead atoms. The molecular formula is C8H9N3O6S2. The average Bonchev–Trinajstić information content (AvgIpc) is 2.27. The van der Waals surface area contributed by atoms with E-state index in [9.17, 15) is 28.6 Å². The predicted octanol–water partition coefficient (Wildman–Crippen LogP) is 0.884. The SMILES string of the molecule is NS(=O)(=O)CCSc1ccc([N+](=O)[O-])cc1[N+](=O)[O-]. The highest BCUT2D eigenvalue weighted by atomic mass is 32.2. The highest BCUT2D eigenvalue weighted by Crippen LogP contribution is 2.32. The minimum Gasteiger partial charge on any atom is -0.258 e. The fourth-order valence-corrected chi connectivity index (χ4v) is 3.08. The number of nitro groups is 2. The molecule has 0 spiro atoms. The summed E-state index contributed by atoms with van der Waals surface area (Å²) in [5, 5.41) is 26.1. The average molecular weight is 307 g/mol. The van der Waals surface area contributed by atoms with Gasteiger partial charge < -0.3 is 0 Å². The van der Waals surface area contributed by atoms with Gasteiger partial charge in [-0.25, -0.2) is 13.6 Å². The van der Waals surface area contributed by atoms with E-state index in [-0.39, 0.29) is 16.4 Å². The van der Waals surface area contributed by atoms with Gasteiger partial charge in [0.05, 0.1) is 26.6 Å². The minimum absolute atomic E-state index is 0.0253. The second-order valence-electron chi connectivity index (χ2n) is 3.38. The third-order valence-corrected chi connectivity index (χ3v) is 4.07. The molecule has 104 valence electrons. The van der Waals surface area contributed by atoms with Crippen molar-refractivity contribution in [1.29, 1.82) is 0 Å². The van der Waals surface area contributed by atoms with Gasteiger partial charge in [-0.1, -0.05) is 0 Å². The normalized spacial score (nSPS) is 11.2. The fraction of sp³-hybridized carbons (Fsp3) is 0.250. The lowest BCUT2D eigenvalue weighted by atomic mass is 10.3. The summed E-state index contributed by atoms with van der Waals surface area (Å²) in [6.45, 7) is 0. The van der Waals surface area contributed by atoms with Gasteiger partial charge in [0.15, 0.2) is 0 Å². The molecule has 9 nitrogen and oxygen atoms in total. The molecule has 0 atom stereocenters. The van der Waals surface area contributed by atoms with Crippen molar-refractivity contribution in [3.63, 3.8) is 0 Å². The van der Waals surface area contributed by atoms with Crippen LogP contribution in [0.3, 0.4) is 0 Å². The van der Waals surface area contributed by atoms with Crippen LogP contribution in [-0.2, 0) is 10.0 Å². The number of nitrogens with zero attached hydrogens (tertiary/aromatic N) is 2.